The molecule has 1 fully saturated rings. The smallest absolute Gasteiger partial charge is 0.159 e. The van der Waals surface area contributed by atoms with Crippen LogP contribution >= 0.6 is 0 Å². The Labute approximate surface area is 108 Å². The standard InChI is InChI=1S/C14H20N2O2/c1-11(18)12-4-2-5-14(8-12)16-7-3-6-15-13(9-16)10-17/h2,4-5,8,13,15,17H,3,6-7,9-10H2,1H3. The molecule has 0 bridgehead atoms. The highest BCUT2D eigenvalue weighted by atomic mass is 16.3. The van der Waals surface area contributed by atoms with E-state index in [-0.39, 0.29) is 18.4 Å². The number of hydrogen-bond donors (Lipinski definition) is 2. The van der Waals surface area contributed by atoms with Crippen LogP contribution in [0, 0.1) is 0 Å². The van der Waals surface area contributed by atoms with Crippen LogP contribution in [0.1, 0.15) is 23.7 Å². The fourth-order valence-corrected chi connectivity index (χ4v) is 2.28. The van der Waals surface area contributed by atoms with Crippen LogP contribution in [-0.4, -0.2) is 43.2 Å². The van der Waals surface area contributed by atoms with E-state index in [4.69, 9.17) is 0 Å². The van der Waals surface area contributed by atoms with Crippen molar-refractivity contribution >= 4 is 11.5 Å². The number of benzene rings is 1. The van der Waals surface area contributed by atoms with Crippen LogP contribution < -0.4 is 10.2 Å². The zero-order chi connectivity index (χ0) is 13.0. The molecule has 1 heterocycles. The molecule has 1 aliphatic heterocycles. The Morgan fingerprint density at radius 2 is 2.39 bits per heavy atom. The maximum absolute atomic E-state index is 11.4. The van der Waals surface area contributed by atoms with E-state index in [2.05, 4.69) is 10.2 Å². The van der Waals surface area contributed by atoms with E-state index in [1.54, 1.807) is 6.92 Å². The van der Waals surface area contributed by atoms with Gasteiger partial charge in [-0.2, -0.15) is 0 Å². The Bertz CT molecular complexity index is 420. The molecule has 2 N–H and O–H groups in total. The van der Waals surface area contributed by atoms with Crippen LogP contribution in [0.5, 0.6) is 0 Å². The molecule has 0 aliphatic carbocycles. The summed E-state index contributed by atoms with van der Waals surface area (Å²) in [6.07, 6.45) is 1.04. The maximum Gasteiger partial charge on any atom is 0.159 e. The maximum atomic E-state index is 11.4. The molecule has 1 unspecified atom stereocenters. The third-order valence-corrected chi connectivity index (χ3v) is 3.32. The van der Waals surface area contributed by atoms with Crippen molar-refractivity contribution in [3.8, 4) is 0 Å². The Hall–Kier alpha value is -1.39. The fraction of sp³-hybridized carbons (Fsp3) is 0.500. The molecule has 4 nitrogen and oxygen atoms in total. The molecule has 18 heavy (non-hydrogen) atoms. The predicted molar refractivity (Wildman–Crippen MR) is 72.2 cm³/mol. The molecule has 1 aromatic rings. The molecule has 2 rings (SSSR count). The number of nitrogens with one attached hydrogen (secondary N) is 1. The summed E-state index contributed by atoms with van der Waals surface area (Å²) in [5, 5.41) is 12.6. The van der Waals surface area contributed by atoms with Gasteiger partial charge in [-0.25, -0.2) is 0 Å². The van der Waals surface area contributed by atoms with Crippen molar-refractivity contribution in [2.75, 3.05) is 31.1 Å². The number of carbonyl (C=O) groups is 1. The SMILES string of the molecule is CC(=O)c1cccc(N2CCCNC(CO)C2)c1. The van der Waals surface area contributed by atoms with Gasteiger partial charge in [0, 0.05) is 30.4 Å². The lowest BCUT2D eigenvalue weighted by Gasteiger charge is -2.25. The second-order valence-corrected chi connectivity index (χ2v) is 4.74. The van der Waals surface area contributed by atoms with Gasteiger partial charge in [-0.1, -0.05) is 12.1 Å². The van der Waals surface area contributed by atoms with Gasteiger partial charge in [-0.05, 0) is 32.0 Å². The zero-order valence-electron chi connectivity index (χ0n) is 10.7. The molecular weight excluding hydrogens is 228 g/mol. The van der Waals surface area contributed by atoms with Crippen molar-refractivity contribution < 1.29 is 9.90 Å². The lowest BCUT2D eigenvalue weighted by molar-refractivity contribution is 0.101. The van der Waals surface area contributed by atoms with Gasteiger partial charge < -0.3 is 15.3 Å². The largest absolute Gasteiger partial charge is 0.395 e. The Kier molecular flexibility index (Phi) is 4.33. The number of ketones is 1. The molecular formula is C14H20N2O2. The minimum absolute atomic E-state index is 0.0866. The summed E-state index contributed by atoms with van der Waals surface area (Å²) in [5.41, 5.74) is 1.80. The minimum Gasteiger partial charge on any atom is -0.395 e. The van der Waals surface area contributed by atoms with E-state index in [0.29, 0.717) is 0 Å². The van der Waals surface area contributed by atoms with Crippen LogP contribution in [-0.2, 0) is 0 Å². The summed E-state index contributed by atoms with van der Waals surface area (Å²) in [7, 11) is 0. The molecule has 1 saturated heterocycles. The van der Waals surface area contributed by atoms with Gasteiger partial charge in [0.1, 0.15) is 0 Å². The molecule has 0 spiro atoms. The number of aliphatic hydroxyl groups excluding tert-OH is 1. The van der Waals surface area contributed by atoms with Crippen LogP contribution in [0.25, 0.3) is 0 Å². The highest BCUT2D eigenvalue weighted by Crippen LogP contribution is 2.18. The topological polar surface area (TPSA) is 52.6 Å². The van der Waals surface area contributed by atoms with Gasteiger partial charge in [-0.3, -0.25) is 4.79 Å². The van der Waals surface area contributed by atoms with E-state index in [1.165, 1.54) is 0 Å². The molecule has 98 valence electrons. The van der Waals surface area contributed by atoms with Crippen molar-refractivity contribution in [3.05, 3.63) is 29.8 Å². The summed E-state index contributed by atoms with van der Waals surface area (Å²) in [4.78, 5) is 13.6. The van der Waals surface area contributed by atoms with Gasteiger partial charge >= 0.3 is 0 Å². The Balaban J connectivity index is 2.18. The summed E-state index contributed by atoms with van der Waals surface area (Å²) < 4.78 is 0. The van der Waals surface area contributed by atoms with E-state index < -0.39 is 0 Å². The molecule has 1 aromatic carbocycles. The number of rotatable bonds is 3. The summed E-state index contributed by atoms with van der Waals surface area (Å²) in [6.45, 7) is 4.37. The Morgan fingerprint density at radius 1 is 1.56 bits per heavy atom. The number of hydrogen-bond acceptors (Lipinski definition) is 4. The lowest BCUT2D eigenvalue weighted by Crippen LogP contribution is -2.40. The highest BCUT2D eigenvalue weighted by Gasteiger charge is 2.17. The van der Waals surface area contributed by atoms with Crippen LogP contribution in [0.3, 0.4) is 0 Å². The van der Waals surface area contributed by atoms with Crippen molar-refractivity contribution in [1.82, 2.24) is 5.32 Å². The third kappa shape index (κ3) is 3.09. The molecule has 0 aromatic heterocycles. The van der Waals surface area contributed by atoms with E-state index in [0.717, 1.165) is 37.3 Å². The summed E-state index contributed by atoms with van der Waals surface area (Å²) in [5.74, 6) is 0.0866. The first-order valence-corrected chi connectivity index (χ1v) is 6.41. The first kappa shape index (κ1) is 13.1. The van der Waals surface area contributed by atoms with Gasteiger partial charge in [-0.15, -0.1) is 0 Å². The van der Waals surface area contributed by atoms with E-state index in [9.17, 15) is 9.90 Å². The van der Waals surface area contributed by atoms with E-state index >= 15 is 0 Å². The third-order valence-electron chi connectivity index (χ3n) is 3.32. The van der Waals surface area contributed by atoms with Crippen LogP contribution in [0.15, 0.2) is 24.3 Å². The fourth-order valence-electron chi connectivity index (χ4n) is 2.28. The van der Waals surface area contributed by atoms with E-state index in [1.807, 2.05) is 24.3 Å². The molecule has 0 radical (unpaired) electrons. The molecule has 4 heteroatoms. The van der Waals surface area contributed by atoms with Gasteiger partial charge in [0.05, 0.1) is 6.61 Å². The van der Waals surface area contributed by atoms with Crippen molar-refractivity contribution in [1.29, 1.82) is 0 Å². The van der Waals surface area contributed by atoms with Crippen LogP contribution in [0.4, 0.5) is 5.69 Å². The van der Waals surface area contributed by atoms with Crippen molar-refractivity contribution in [2.24, 2.45) is 0 Å². The predicted octanol–water partition coefficient (Wildman–Crippen LogP) is 1.05. The quantitative estimate of drug-likeness (QED) is 0.785. The molecule has 0 saturated carbocycles. The average Bonchev–Trinajstić information content (AvgIpc) is 2.64. The number of Topliss-reactive ketones (excluding diaryl/α,β-unsaturated/α-hetero) is 1. The zero-order valence-corrected chi connectivity index (χ0v) is 10.7. The normalized spacial score (nSPS) is 20.6. The van der Waals surface area contributed by atoms with Crippen LogP contribution in [0.2, 0.25) is 0 Å². The average molecular weight is 248 g/mol. The number of carbonyl (C=O) groups excluding carboxylic acids is 1. The first-order valence-electron chi connectivity index (χ1n) is 6.41. The number of nitrogens with zero attached hydrogens (tertiary/aromatic N) is 1. The number of anilines is 1. The second kappa shape index (κ2) is 5.98. The van der Waals surface area contributed by atoms with Crippen molar-refractivity contribution in [3.63, 3.8) is 0 Å². The lowest BCUT2D eigenvalue weighted by atomic mass is 10.1. The molecule has 0 amide bonds. The minimum atomic E-state index is 0.0866. The van der Waals surface area contributed by atoms with Gasteiger partial charge in [0.25, 0.3) is 0 Å². The van der Waals surface area contributed by atoms with Gasteiger partial charge in [0.2, 0.25) is 0 Å². The molecule has 1 atom stereocenters. The second-order valence-electron chi connectivity index (χ2n) is 4.74. The Morgan fingerprint density at radius 3 is 3.11 bits per heavy atom. The summed E-state index contributed by atoms with van der Waals surface area (Å²) in [6, 6.07) is 7.81. The monoisotopic (exact) mass is 248 g/mol. The first-order chi connectivity index (χ1) is 8.70. The summed E-state index contributed by atoms with van der Waals surface area (Å²) >= 11 is 0. The van der Waals surface area contributed by atoms with Gasteiger partial charge in [0.15, 0.2) is 5.78 Å². The molecule has 1 aliphatic rings. The van der Waals surface area contributed by atoms with Crippen molar-refractivity contribution in [2.45, 2.75) is 19.4 Å². The number of aliphatic hydroxyl groups is 1. The highest BCUT2D eigenvalue weighted by molar-refractivity contribution is 5.94.